The van der Waals surface area contributed by atoms with Crippen molar-refractivity contribution in [3.63, 3.8) is 0 Å². The van der Waals surface area contributed by atoms with E-state index in [0.29, 0.717) is 23.0 Å². The molecule has 0 fully saturated rings. The molecule has 166 valence electrons. The number of fused-ring (bicyclic) bond motifs is 2. The largest absolute Gasteiger partial charge is 0.398 e. The van der Waals surface area contributed by atoms with Crippen molar-refractivity contribution in [2.24, 2.45) is 0 Å². The summed E-state index contributed by atoms with van der Waals surface area (Å²) in [7, 11) is 0. The second-order valence-electron chi connectivity index (χ2n) is 6.86. The van der Waals surface area contributed by atoms with Gasteiger partial charge in [-0.1, -0.05) is 12.1 Å². The van der Waals surface area contributed by atoms with E-state index in [2.05, 4.69) is 30.4 Å². The number of pyridine rings is 4. The minimum absolute atomic E-state index is 0. The molecule has 0 unspecified atom stereocenters. The molecule has 0 aliphatic carbocycles. The van der Waals surface area contributed by atoms with Crippen LogP contribution in [0.15, 0.2) is 85.5 Å². The van der Waals surface area contributed by atoms with Crippen LogP contribution in [0, 0.1) is 0 Å². The number of anilines is 2. The van der Waals surface area contributed by atoms with Crippen LogP contribution in [0.25, 0.3) is 34.3 Å². The molecule has 0 spiro atoms. The van der Waals surface area contributed by atoms with Gasteiger partial charge in [0.25, 0.3) is 0 Å². The Hall–Kier alpha value is -4.17. The van der Waals surface area contributed by atoms with Crippen LogP contribution in [0.1, 0.15) is 0 Å². The molecule has 33 heavy (non-hydrogen) atoms. The van der Waals surface area contributed by atoms with Crippen LogP contribution in [-0.4, -0.2) is 39.2 Å². The number of nitrogens with zero attached hydrogens (tertiary/aromatic N) is 8. The molecule has 0 aliphatic heterocycles. The molecule has 0 atom stereocenters. The molecule has 6 aromatic heterocycles. The molecule has 0 bridgehead atoms. The number of hydrogen-bond donors (Lipinski definition) is 2. The Morgan fingerprint density at radius 2 is 1.00 bits per heavy atom. The van der Waals surface area contributed by atoms with E-state index < -0.39 is 0 Å². The molecule has 6 aromatic rings. The van der Waals surface area contributed by atoms with Gasteiger partial charge in [0, 0.05) is 57.2 Å². The number of nitrogens with two attached hydrogens (primary N) is 2. The van der Waals surface area contributed by atoms with Gasteiger partial charge in [0.05, 0.1) is 0 Å². The molecule has 6 heterocycles. The van der Waals surface area contributed by atoms with Gasteiger partial charge in [-0.3, -0.25) is 18.8 Å². The number of rotatable bonds is 2. The van der Waals surface area contributed by atoms with Gasteiger partial charge in [0.15, 0.2) is 22.9 Å². The van der Waals surface area contributed by atoms with Gasteiger partial charge in [-0.2, -0.15) is 0 Å². The predicted octanol–water partition coefficient (Wildman–Crippen LogP) is 2.74. The Bertz CT molecular complexity index is 1380. The van der Waals surface area contributed by atoms with Crippen molar-refractivity contribution >= 4 is 22.7 Å². The molecular formula is C22H18N10Pt. The van der Waals surface area contributed by atoms with Gasteiger partial charge in [0.2, 0.25) is 0 Å². The van der Waals surface area contributed by atoms with E-state index in [9.17, 15) is 0 Å². The normalized spacial score (nSPS) is 10.4. The van der Waals surface area contributed by atoms with Crippen LogP contribution in [-0.2, 0) is 21.1 Å². The molecule has 0 aromatic carbocycles. The molecule has 0 radical (unpaired) electrons. The first-order chi connectivity index (χ1) is 15.7. The maximum atomic E-state index is 5.73. The monoisotopic (exact) mass is 617 g/mol. The molecule has 0 amide bonds. The van der Waals surface area contributed by atoms with Crippen molar-refractivity contribution in [1.82, 2.24) is 39.2 Å². The van der Waals surface area contributed by atoms with E-state index in [1.165, 1.54) is 0 Å². The third-order valence-corrected chi connectivity index (χ3v) is 4.64. The van der Waals surface area contributed by atoms with Gasteiger partial charge >= 0.3 is 0 Å². The Labute approximate surface area is 202 Å². The van der Waals surface area contributed by atoms with E-state index in [1.54, 1.807) is 36.9 Å². The third-order valence-electron chi connectivity index (χ3n) is 4.64. The molecule has 11 heteroatoms. The van der Waals surface area contributed by atoms with Crippen LogP contribution in [0.2, 0.25) is 0 Å². The molecule has 0 saturated heterocycles. The van der Waals surface area contributed by atoms with Crippen molar-refractivity contribution < 1.29 is 21.1 Å². The minimum atomic E-state index is 0. The Morgan fingerprint density at radius 1 is 0.545 bits per heavy atom. The zero-order valence-electron chi connectivity index (χ0n) is 17.1. The van der Waals surface area contributed by atoms with Gasteiger partial charge < -0.3 is 11.5 Å². The van der Waals surface area contributed by atoms with Gasteiger partial charge in [-0.25, -0.2) is 0 Å². The molecule has 10 nitrogen and oxygen atoms in total. The Morgan fingerprint density at radius 3 is 1.39 bits per heavy atom. The zero-order chi connectivity index (χ0) is 21.9. The first-order valence-electron chi connectivity index (χ1n) is 9.72. The van der Waals surface area contributed by atoms with Crippen molar-refractivity contribution in [3.8, 4) is 23.0 Å². The zero-order valence-corrected chi connectivity index (χ0v) is 19.4. The maximum Gasteiger partial charge on any atom is 0.187 e. The number of hydrogen-bond acceptors (Lipinski definition) is 8. The van der Waals surface area contributed by atoms with Crippen LogP contribution in [0.4, 0.5) is 11.4 Å². The first kappa shape index (κ1) is 22.0. The molecule has 0 saturated carbocycles. The smallest absolute Gasteiger partial charge is 0.187 e. The summed E-state index contributed by atoms with van der Waals surface area (Å²) in [6, 6.07) is 18.6. The van der Waals surface area contributed by atoms with Crippen LogP contribution in [0.3, 0.4) is 0 Å². The summed E-state index contributed by atoms with van der Waals surface area (Å²) >= 11 is 0. The van der Waals surface area contributed by atoms with Gasteiger partial charge in [0.1, 0.15) is 11.4 Å². The summed E-state index contributed by atoms with van der Waals surface area (Å²) in [5.41, 5.74) is 15.9. The van der Waals surface area contributed by atoms with E-state index >= 15 is 0 Å². The topological polar surface area (TPSA) is 138 Å². The van der Waals surface area contributed by atoms with E-state index in [4.69, 9.17) is 11.5 Å². The van der Waals surface area contributed by atoms with Crippen molar-refractivity contribution in [2.75, 3.05) is 11.5 Å². The van der Waals surface area contributed by atoms with Crippen molar-refractivity contribution in [1.29, 1.82) is 0 Å². The van der Waals surface area contributed by atoms with Crippen molar-refractivity contribution in [3.05, 3.63) is 85.5 Å². The summed E-state index contributed by atoms with van der Waals surface area (Å²) < 4.78 is 3.66. The minimum Gasteiger partial charge on any atom is -0.398 e. The fourth-order valence-electron chi connectivity index (χ4n) is 3.15. The summed E-state index contributed by atoms with van der Waals surface area (Å²) in [4.78, 5) is 8.47. The van der Waals surface area contributed by atoms with Crippen LogP contribution in [0.5, 0.6) is 0 Å². The second-order valence-corrected chi connectivity index (χ2v) is 6.86. The Balaban J connectivity index is 0.000000152. The summed E-state index contributed by atoms with van der Waals surface area (Å²) in [6.45, 7) is 0. The standard InChI is InChI=1S/2C11H9N5.Pt/c2*12-8-4-5-10-14-15-11(16(10)7-8)9-3-1-2-6-13-9;/h2*1-7H,12H2;. The van der Waals surface area contributed by atoms with E-state index in [0.717, 1.165) is 22.7 Å². The Kier molecular flexibility index (Phi) is 6.37. The average Bonchev–Trinajstić information content (AvgIpc) is 3.44. The third kappa shape index (κ3) is 4.56. The molecule has 0 aliphatic rings. The molecular weight excluding hydrogens is 599 g/mol. The first-order valence-corrected chi connectivity index (χ1v) is 9.72. The molecule has 4 N–H and O–H groups in total. The second kappa shape index (κ2) is 9.54. The van der Waals surface area contributed by atoms with Crippen LogP contribution < -0.4 is 11.5 Å². The quantitative estimate of drug-likeness (QED) is 0.303. The van der Waals surface area contributed by atoms with Gasteiger partial charge in [-0.15, -0.1) is 20.4 Å². The number of aromatic nitrogens is 8. The van der Waals surface area contributed by atoms with Crippen LogP contribution >= 0.6 is 0 Å². The SMILES string of the molecule is Nc1ccc2nnc(-c3ccccn3)n2c1.Nc1ccc2nnc(-c3ccccn3)n2c1.[Pt]. The summed E-state index contributed by atoms with van der Waals surface area (Å²) in [6.07, 6.45) is 7.03. The maximum absolute atomic E-state index is 5.73. The number of nitrogen functional groups attached to an aromatic ring is 2. The predicted molar refractivity (Wildman–Crippen MR) is 121 cm³/mol. The fraction of sp³-hybridized carbons (Fsp3) is 0. The average molecular weight is 618 g/mol. The summed E-state index contributed by atoms with van der Waals surface area (Å²) in [5, 5.41) is 16.3. The fourth-order valence-corrected chi connectivity index (χ4v) is 3.15. The van der Waals surface area contributed by atoms with Gasteiger partial charge in [-0.05, 0) is 48.5 Å². The van der Waals surface area contributed by atoms with E-state index in [-0.39, 0.29) is 21.1 Å². The summed E-state index contributed by atoms with van der Waals surface area (Å²) in [5.74, 6) is 1.39. The van der Waals surface area contributed by atoms with Crippen molar-refractivity contribution in [2.45, 2.75) is 0 Å². The van der Waals surface area contributed by atoms with E-state index in [1.807, 2.05) is 57.3 Å². The molecule has 6 rings (SSSR count).